The molecular weight excluding hydrogens is 220 g/mol. The van der Waals surface area contributed by atoms with Crippen molar-refractivity contribution in [1.82, 2.24) is 10.2 Å². The Morgan fingerprint density at radius 3 is 2.61 bits per heavy atom. The molecular formula is C16H30N2. The van der Waals surface area contributed by atoms with Gasteiger partial charge in [0.05, 0.1) is 0 Å². The second kappa shape index (κ2) is 5.50. The van der Waals surface area contributed by atoms with Crippen molar-refractivity contribution in [3.05, 3.63) is 0 Å². The van der Waals surface area contributed by atoms with Crippen LogP contribution in [0.25, 0.3) is 0 Å². The summed E-state index contributed by atoms with van der Waals surface area (Å²) < 4.78 is 0. The highest BCUT2D eigenvalue weighted by Gasteiger charge is 2.44. The van der Waals surface area contributed by atoms with Crippen molar-refractivity contribution in [2.45, 2.75) is 76.9 Å². The molecule has 1 saturated heterocycles. The summed E-state index contributed by atoms with van der Waals surface area (Å²) in [6, 6.07) is 2.54. The number of hydrogen-bond acceptors (Lipinski definition) is 2. The normalized spacial score (nSPS) is 44.7. The molecule has 5 unspecified atom stereocenters. The van der Waals surface area contributed by atoms with E-state index in [0.717, 1.165) is 30.0 Å². The van der Waals surface area contributed by atoms with Crippen LogP contribution in [0, 0.1) is 11.8 Å². The lowest BCUT2D eigenvalue weighted by atomic mass is 9.89. The first-order chi connectivity index (χ1) is 8.78. The third-order valence-electron chi connectivity index (χ3n) is 5.74. The number of fused-ring (bicyclic) bond motifs is 2. The fourth-order valence-corrected chi connectivity index (χ4v) is 4.83. The van der Waals surface area contributed by atoms with Crippen molar-refractivity contribution >= 4 is 0 Å². The molecule has 2 aliphatic carbocycles. The minimum atomic E-state index is 0.787. The molecule has 3 fully saturated rings. The van der Waals surface area contributed by atoms with Crippen molar-refractivity contribution in [1.29, 1.82) is 0 Å². The van der Waals surface area contributed by atoms with Crippen LogP contribution in [0.4, 0.5) is 0 Å². The van der Waals surface area contributed by atoms with E-state index in [2.05, 4.69) is 24.1 Å². The molecule has 2 saturated carbocycles. The van der Waals surface area contributed by atoms with E-state index in [1.54, 1.807) is 6.42 Å². The molecule has 2 nitrogen and oxygen atoms in total. The van der Waals surface area contributed by atoms with E-state index in [9.17, 15) is 0 Å². The molecule has 0 aromatic heterocycles. The standard InChI is InChI=1S/C16H30N2/c1-3-7-17-15-6-8-18(12(2)9-15)16-11-13-4-5-14(16)10-13/h12-17H,3-11H2,1-2H3. The van der Waals surface area contributed by atoms with Crippen molar-refractivity contribution in [3.63, 3.8) is 0 Å². The Bertz CT molecular complexity index is 278. The summed E-state index contributed by atoms with van der Waals surface area (Å²) in [7, 11) is 0. The lowest BCUT2D eigenvalue weighted by Crippen LogP contribution is -2.52. The van der Waals surface area contributed by atoms with Crippen molar-refractivity contribution in [2.24, 2.45) is 11.8 Å². The molecule has 104 valence electrons. The van der Waals surface area contributed by atoms with E-state index < -0.39 is 0 Å². The highest BCUT2D eigenvalue weighted by atomic mass is 15.2. The maximum Gasteiger partial charge on any atom is 0.0129 e. The Labute approximate surface area is 113 Å². The summed E-state index contributed by atoms with van der Waals surface area (Å²) in [5, 5.41) is 3.72. The fourth-order valence-electron chi connectivity index (χ4n) is 4.83. The number of hydrogen-bond donors (Lipinski definition) is 1. The summed E-state index contributed by atoms with van der Waals surface area (Å²) in [6.07, 6.45) is 10.1. The van der Waals surface area contributed by atoms with Gasteiger partial charge in [-0.1, -0.05) is 13.3 Å². The van der Waals surface area contributed by atoms with Crippen LogP contribution in [-0.2, 0) is 0 Å². The van der Waals surface area contributed by atoms with Gasteiger partial charge >= 0.3 is 0 Å². The van der Waals surface area contributed by atoms with E-state index in [1.165, 1.54) is 51.6 Å². The van der Waals surface area contributed by atoms with Crippen LogP contribution >= 0.6 is 0 Å². The van der Waals surface area contributed by atoms with E-state index in [4.69, 9.17) is 0 Å². The van der Waals surface area contributed by atoms with Gasteiger partial charge in [-0.05, 0) is 63.8 Å². The van der Waals surface area contributed by atoms with Gasteiger partial charge in [0, 0.05) is 24.7 Å². The number of likely N-dealkylation sites (tertiary alicyclic amines) is 1. The Morgan fingerprint density at radius 1 is 1.11 bits per heavy atom. The van der Waals surface area contributed by atoms with Crippen LogP contribution < -0.4 is 5.32 Å². The maximum atomic E-state index is 3.72. The quantitative estimate of drug-likeness (QED) is 0.825. The van der Waals surface area contributed by atoms with Gasteiger partial charge in [-0.25, -0.2) is 0 Å². The third kappa shape index (κ3) is 2.46. The van der Waals surface area contributed by atoms with E-state index in [1.807, 2.05) is 0 Å². The lowest BCUT2D eigenvalue weighted by Gasteiger charge is -2.44. The summed E-state index contributed by atoms with van der Waals surface area (Å²) in [5.74, 6) is 2.14. The molecule has 1 N–H and O–H groups in total. The van der Waals surface area contributed by atoms with E-state index >= 15 is 0 Å². The first-order valence-corrected chi connectivity index (χ1v) is 8.27. The molecule has 3 aliphatic rings. The molecule has 0 aromatic rings. The van der Waals surface area contributed by atoms with Gasteiger partial charge in [-0.3, -0.25) is 4.90 Å². The number of piperidine rings is 1. The monoisotopic (exact) mass is 250 g/mol. The Kier molecular flexibility index (Phi) is 3.95. The molecule has 0 spiro atoms. The molecule has 0 radical (unpaired) electrons. The number of nitrogens with zero attached hydrogens (tertiary/aromatic N) is 1. The average molecular weight is 250 g/mol. The van der Waals surface area contributed by atoms with E-state index in [-0.39, 0.29) is 0 Å². The van der Waals surface area contributed by atoms with Crippen molar-refractivity contribution in [2.75, 3.05) is 13.1 Å². The Balaban J connectivity index is 1.53. The smallest absolute Gasteiger partial charge is 0.0129 e. The SMILES string of the molecule is CCCNC1CCN(C2CC3CCC2C3)C(C)C1. The zero-order valence-corrected chi connectivity index (χ0v) is 12.2. The highest BCUT2D eigenvalue weighted by molar-refractivity contribution is 4.98. The minimum Gasteiger partial charge on any atom is -0.314 e. The first-order valence-electron chi connectivity index (χ1n) is 8.27. The largest absolute Gasteiger partial charge is 0.314 e. The topological polar surface area (TPSA) is 15.3 Å². The second-order valence-corrected chi connectivity index (χ2v) is 7.00. The van der Waals surface area contributed by atoms with Crippen LogP contribution in [0.2, 0.25) is 0 Å². The first kappa shape index (κ1) is 12.9. The predicted molar refractivity (Wildman–Crippen MR) is 76.7 cm³/mol. The number of nitrogens with one attached hydrogen (secondary N) is 1. The second-order valence-electron chi connectivity index (χ2n) is 7.00. The minimum absolute atomic E-state index is 0.787. The van der Waals surface area contributed by atoms with Gasteiger partial charge in [0.2, 0.25) is 0 Å². The summed E-state index contributed by atoms with van der Waals surface area (Å²) in [6.45, 7) is 7.27. The summed E-state index contributed by atoms with van der Waals surface area (Å²) in [5.41, 5.74) is 0. The number of rotatable bonds is 4. The van der Waals surface area contributed by atoms with Crippen LogP contribution in [0.1, 0.15) is 58.8 Å². The maximum absolute atomic E-state index is 3.72. The zero-order chi connectivity index (χ0) is 12.5. The van der Waals surface area contributed by atoms with Gasteiger partial charge in [-0.2, -0.15) is 0 Å². The van der Waals surface area contributed by atoms with Crippen LogP contribution in [0.3, 0.4) is 0 Å². The molecule has 18 heavy (non-hydrogen) atoms. The molecule has 3 rings (SSSR count). The molecule has 5 atom stereocenters. The summed E-state index contributed by atoms with van der Waals surface area (Å²) >= 11 is 0. The van der Waals surface area contributed by atoms with Crippen LogP contribution in [0.15, 0.2) is 0 Å². The zero-order valence-electron chi connectivity index (χ0n) is 12.2. The average Bonchev–Trinajstić information content (AvgIpc) is 2.98. The van der Waals surface area contributed by atoms with Gasteiger partial charge < -0.3 is 5.32 Å². The fraction of sp³-hybridized carbons (Fsp3) is 1.00. The Morgan fingerprint density at radius 2 is 2.00 bits per heavy atom. The lowest BCUT2D eigenvalue weighted by molar-refractivity contribution is 0.0590. The van der Waals surface area contributed by atoms with Gasteiger partial charge in [0.25, 0.3) is 0 Å². The summed E-state index contributed by atoms with van der Waals surface area (Å²) in [4.78, 5) is 2.87. The third-order valence-corrected chi connectivity index (χ3v) is 5.74. The van der Waals surface area contributed by atoms with Gasteiger partial charge in [0.1, 0.15) is 0 Å². The molecule has 0 amide bonds. The van der Waals surface area contributed by atoms with Gasteiger partial charge in [0.15, 0.2) is 0 Å². The molecule has 2 heteroatoms. The van der Waals surface area contributed by atoms with Gasteiger partial charge in [-0.15, -0.1) is 0 Å². The van der Waals surface area contributed by atoms with Crippen molar-refractivity contribution in [3.8, 4) is 0 Å². The molecule has 2 bridgehead atoms. The molecule has 0 aromatic carbocycles. The van der Waals surface area contributed by atoms with Crippen molar-refractivity contribution < 1.29 is 0 Å². The Hall–Kier alpha value is -0.0800. The predicted octanol–water partition coefficient (Wildman–Crippen LogP) is 3.03. The highest BCUT2D eigenvalue weighted by Crippen LogP contribution is 2.47. The van der Waals surface area contributed by atoms with Crippen LogP contribution in [0.5, 0.6) is 0 Å². The van der Waals surface area contributed by atoms with E-state index in [0.29, 0.717) is 0 Å². The molecule has 1 heterocycles. The molecule has 1 aliphatic heterocycles. The van der Waals surface area contributed by atoms with Crippen LogP contribution in [-0.4, -0.2) is 36.1 Å².